The summed E-state index contributed by atoms with van der Waals surface area (Å²) in [5.74, 6) is 0.874. The molecular weight excluding hydrogens is 346 g/mol. The molecule has 146 valence electrons. The zero-order valence-electron chi connectivity index (χ0n) is 16.7. The summed E-state index contributed by atoms with van der Waals surface area (Å²) in [7, 11) is 0. The van der Waals surface area contributed by atoms with E-state index in [1.165, 1.54) is 11.1 Å². The second-order valence-corrected chi connectivity index (χ2v) is 7.33. The Bertz CT molecular complexity index is 787. The highest BCUT2D eigenvalue weighted by molar-refractivity contribution is 5.39. The lowest BCUT2D eigenvalue weighted by Crippen LogP contribution is -2.35. The molecule has 0 aromatic heterocycles. The standard InChI is InChI=1S/C25H29NO2/c1-20-10-9-11-21(2)25(20)28-19-24(27)18-26(16-22-12-5-3-6-13-22)17-23-14-7-4-8-15-23/h3-15,24,27H,16-19H2,1-2H3. The van der Waals surface area contributed by atoms with Gasteiger partial charge in [-0.05, 0) is 36.1 Å². The van der Waals surface area contributed by atoms with E-state index in [1.807, 2.05) is 44.2 Å². The Morgan fingerprint density at radius 1 is 0.750 bits per heavy atom. The Balaban J connectivity index is 1.64. The average Bonchev–Trinajstić information content (AvgIpc) is 2.69. The molecule has 0 fully saturated rings. The van der Waals surface area contributed by atoms with E-state index in [0.29, 0.717) is 6.54 Å². The Hall–Kier alpha value is -2.62. The molecule has 0 aliphatic heterocycles. The van der Waals surface area contributed by atoms with Gasteiger partial charge in [-0.3, -0.25) is 4.90 Å². The zero-order chi connectivity index (χ0) is 19.8. The first kappa shape index (κ1) is 20.1. The molecule has 1 atom stereocenters. The fraction of sp³-hybridized carbons (Fsp3) is 0.280. The summed E-state index contributed by atoms with van der Waals surface area (Å²) in [5.41, 5.74) is 4.66. The van der Waals surface area contributed by atoms with Gasteiger partial charge in [0.1, 0.15) is 18.5 Å². The predicted octanol–water partition coefficient (Wildman–Crippen LogP) is 4.75. The van der Waals surface area contributed by atoms with Gasteiger partial charge >= 0.3 is 0 Å². The van der Waals surface area contributed by atoms with Crippen LogP contribution < -0.4 is 4.74 Å². The van der Waals surface area contributed by atoms with Crippen molar-refractivity contribution in [2.45, 2.75) is 33.0 Å². The molecule has 0 saturated heterocycles. The molecule has 28 heavy (non-hydrogen) atoms. The van der Waals surface area contributed by atoms with Gasteiger partial charge in [-0.25, -0.2) is 0 Å². The Labute approximate surface area is 168 Å². The molecule has 0 aliphatic carbocycles. The van der Waals surface area contributed by atoms with E-state index in [0.717, 1.165) is 30.0 Å². The summed E-state index contributed by atoms with van der Waals surface area (Å²) in [5, 5.41) is 10.7. The number of hydrogen-bond acceptors (Lipinski definition) is 3. The van der Waals surface area contributed by atoms with E-state index >= 15 is 0 Å². The van der Waals surface area contributed by atoms with Crippen LogP contribution in [-0.2, 0) is 13.1 Å². The number of ether oxygens (including phenoxy) is 1. The van der Waals surface area contributed by atoms with Crippen LogP contribution >= 0.6 is 0 Å². The van der Waals surface area contributed by atoms with Gasteiger partial charge in [-0.1, -0.05) is 78.9 Å². The third kappa shape index (κ3) is 5.95. The molecule has 3 aromatic carbocycles. The fourth-order valence-electron chi connectivity index (χ4n) is 3.43. The molecule has 3 nitrogen and oxygen atoms in total. The second kappa shape index (κ2) is 10.1. The van der Waals surface area contributed by atoms with E-state index in [2.05, 4.69) is 53.4 Å². The maximum absolute atomic E-state index is 10.7. The maximum atomic E-state index is 10.7. The summed E-state index contributed by atoms with van der Waals surface area (Å²) < 4.78 is 5.95. The molecule has 0 aliphatic rings. The Morgan fingerprint density at radius 3 is 1.75 bits per heavy atom. The minimum atomic E-state index is -0.563. The van der Waals surface area contributed by atoms with Gasteiger partial charge in [0.05, 0.1) is 0 Å². The first-order valence-corrected chi connectivity index (χ1v) is 9.79. The summed E-state index contributed by atoms with van der Waals surface area (Å²) in [6.45, 7) is 6.48. The highest BCUT2D eigenvalue weighted by Gasteiger charge is 2.15. The fourth-order valence-corrected chi connectivity index (χ4v) is 3.43. The van der Waals surface area contributed by atoms with Crippen molar-refractivity contribution in [2.75, 3.05) is 13.2 Å². The van der Waals surface area contributed by atoms with Gasteiger partial charge in [0, 0.05) is 19.6 Å². The molecule has 3 heteroatoms. The van der Waals surface area contributed by atoms with Gasteiger partial charge in [-0.15, -0.1) is 0 Å². The molecule has 3 aromatic rings. The number of rotatable bonds is 9. The lowest BCUT2D eigenvalue weighted by Gasteiger charge is -2.26. The van der Waals surface area contributed by atoms with Gasteiger partial charge < -0.3 is 9.84 Å². The molecule has 1 unspecified atom stereocenters. The minimum Gasteiger partial charge on any atom is -0.490 e. The first-order valence-electron chi connectivity index (χ1n) is 9.79. The molecule has 0 heterocycles. The van der Waals surface area contributed by atoms with E-state index < -0.39 is 6.10 Å². The van der Waals surface area contributed by atoms with Crippen molar-refractivity contribution >= 4 is 0 Å². The summed E-state index contributed by atoms with van der Waals surface area (Å²) in [6.07, 6.45) is -0.563. The number of hydrogen-bond donors (Lipinski definition) is 1. The van der Waals surface area contributed by atoms with Crippen molar-refractivity contribution in [1.29, 1.82) is 0 Å². The van der Waals surface area contributed by atoms with Crippen LogP contribution in [0, 0.1) is 13.8 Å². The molecule has 1 N–H and O–H groups in total. The Kier molecular flexibility index (Phi) is 7.24. The predicted molar refractivity (Wildman–Crippen MR) is 114 cm³/mol. The number of aliphatic hydroxyl groups excluding tert-OH is 1. The highest BCUT2D eigenvalue weighted by Crippen LogP contribution is 2.22. The van der Waals surface area contributed by atoms with Crippen LogP contribution in [0.5, 0.6) is 5.75 Å². The SMILES string of the molecule is Cc1cccc(C)c1OCC(O)CN(Cc1ccccc1)Cc1ccccc1. The smallest absolute Gasteiger partial charge is 0.125 e. The number of benzene rings is 3. The molecule has 0 radical (unpaired) electrons. The van der Waals surface area contributed by atoms with Crippen LogP contribution in [0.4, 0.5) is 0 Å². The molecule has 0 spiro atoms. The number of nitrogens with zero attached hydrogens (tertiary/aromatic N) is 1. The van der Waals surface area contributed by atoms with Crippen molar-refractivity contribution in [1.82, 2.24) is 4.90 Å². The van der Waals surface area contributed by atoms with Gasteiger partial charge in [0.15, 0.2) is 0 Å². The Morgan fingerprint density at radius 2 is 1.25 bits per heavy atom. The number of aryl methyl sites for hydroxylation is 2. The summed E-state index contributed by atoms with van der Waals surface area (Å²) >= 11 is 0. The maximum Gasteiger partial charge on any atom is 0.125 e. The van der Waals surface area contributed by atoms with Gasteiger partial charge in [-0.2, -0.15) is 0 Å². The average molecular weight is 376 g/mol. The normalized spacial score (nSPS) is 12.1. The topological polar surface area (TPSA) is 32.7 Å². The monoisotopic (exact) mass is 375 g/mol. The van der Waals surface area contributed by atoms with E-state index in [9.17, 15) is 5.11 Å². The minimum absolute atomic E-state index is 0.284. The lowest BCUT2D eigenvalue weighted by atomic mass is 10.1. The first-order chi connectivity index (χ1) is 13.6. The number of aliphatic hydroxyl groups is 1. The van der Waals surface area contributed by atoms with Crippen LogP contribution in [0.15, 0.2) is 78.9 Å². The van der Waals surface area contributed by atoms with E-state index in [4.69, 9.17) is 4.74 Å². The van der Waals surface area contributed by atoms with E-state index in [1.54, 1.807) is 0 Å². The third-order valence-corrected chi connectivity index (χ3v) is 4.80. The molecule has 0 saturated carbocycles. The van der Waals surface area contributed by atoms with Gasteiger partial charge in [0.2, 0.25) is 0 Å². The number of para-hydroxylation sites is 1. The molecule has 0 bridgehead atoms. The zero-order valence-corrected chi connectivity index (χ0v) is 16.7. The van der Waals surface area contributed by atoms with Gasteiger partial charge in [0.25, 0.3) is 0 Å². The molecular formula is C25H29NO2. The van der Waals surface area contributed by atoms with Crippen LogP contribution in [0.25, 0.3) is 0 Å². The largest absolute Gasteiger partial charge is 0.490 e. The molecule has 0 amide bonds. The van der Waals surface area contributed by atoms with Crippen LogP contribution in [0.3, 0.4) is 0 Å². The molecule has 3 rings (SSSR count). The van der Waals surface area contributed by atoms with Crippen LogP contribution in [0.2, 0.25) is 0 Å². The quantitative estimate of drug-likeness (QED) is 0.586. The van der Waals surface area contributed by atoms with Crippen molar-refractivity contribution in [3.8, 4) is 5.75 Å². The lowest BCUT2D eigenvalue weighted by molar-refractivity contribution is 0.0624. The summed E-state index contributed by atoms with van der Waals surface area (Å²) in [4.78, 5) is 2.27. The van der Waals surface area contributed by atoms with Crippen molar-refractivity contribution in [3.63, 3.8) is 0 Å². The van der Waals surface area contributed by atoms with Crippen LogP contribution in [0.1, 0.15) is 22.3 Å². The third-order valence-electron chi connectivity index (χ3n) is 4.80. The van der Waals surface area contributed by atoms with Crippen molar-refractivity contribution < 1.29 is 9.84 Å². The second-order valence-electron chi connectivity index (χ2n) is 7.33. The summed E-state index contributed by atoms with van der Waals surface area (Å²) in [6, 6.07) is 26.8. The van der Waals surface area contributed by atoms with Crippen molar-refractivity contribution in [3.05, 3.63) is 101 Å². The van der Waals surface area contributed by atoms with Crippen molar-refractivity contribution in [2.24, 2.45) is 0 Å². The van der Waals surface area contributed by atoms with E-state index in [-0.39, 0.29) is 6.61 Å². The highest BCUT2D eigenvalue weighted by atomic mass is 16.5. The van der Waals surface area contributed by atoms with Crippen LogP contribution in [-0.4, -0.2) is 29.3 Å².